The van der Waals surface area contributed by atoms with Crippen LogP contribution in [-0.2, 0) is 14.8 Å². The number of hydrogen-bond donors (Lipinski definition) is 0. The van der Waals surface area contributed by atoms with Gasteiger partial charge < -0.3 is 9.80 Å². The van der Waals surface area contributed by atoms with Crippen molar-refractivity contribution in [3.8, 4) is 0 Å². The second-order valence-electron chi connectivity index (χ2n) is 8.17. The van der Waals surface area contributed by atoms with Crippen molar-refractivity contribution in [2.75, 3.05) is 50.4 Å². The molecule has 0 saturated carbocycles. The third kappa shape index (κ3) is 4.27. The lowest BCUT2D eigenvalue weighted by atomic mass is 9.96. The molecule has 4 rings (SSSR count). The lowest BCUT2D eigenvalue weighted by Crippen LogP contribution is -2.52. The summed E-state index contributed by atoms with van der Waals surface area (Å²) in [5, 5.41) is 1.03. The summed E-state index contributed by atoms with van der Waals surface area (Å²) in [5.74, 6) is 0.112. The van der Waals surface area contributed by atoms with Crippen LogP contribution in [0, 0.1) is 19.8 Å². The van der Waals surface area contributed by atoms with Gasteiger partial charge in [-0.2, -0.15) is 0 Å². The summed E-state index contributed by atoms with van der Waals surface area (Å²) < 4.78 is 26.0. The molecule has 0 spiro atoms. The zero-order valence-corrected chi connectivity index (χ0v) is 18.9. The van der Waals surface area contributed by atoms with E-state index in [4.69, 9.17) is 4.98 Å². The molecule has 158 valence electrons. The average molecular weight is 437 g/mol. The number of rotatable bonds is 3. The highest BCUT2D eigenvalue weighted by molar-refractivity contribution is 7.88. The molecule has 7 nitrogen and oxygen atoms in total. The van der Waals surface area contributed by atoms with E-state index in [0.29, 0.717) is 39.0 Å². The topological polar surface area (TPSA) is 73.8 Å². The number of amides is 1. The Kier molecular flexibility index (Phi) is 5.56. The molecule has 0 unspecified atom stereocenters. The lowest BCUT2D eigenvalue weighted by molar-refractivity contribution is -0.137. The molecule has 0 radical (unpaired) electrons. The van der Waals surface area contributed by atoms with Crippen molar-refractivity contribution in [2.45, 2.75) is 26.7 Å². The predicted molar refractivity (Wildman–Crippen MR) is 117 cm³/mol. The molecule has 9 heteroatoms. The molecule has 0 atom stereocenters. The number of carbonyl (C=O) groups is 1. The number of benzene rings is 1. The first-order valence-corrected chi connectivity index (χ1v) is 12.8. The fourth-order valence-corrected chi connectivity index (χ4v) is 6.37. The van der Waals surface area contributed by atoms with E-state index in [1.54, 1.807) is 11.3 Å². The zero-order chi connectivity index (χ0) is 20.8. The van der Waals surface area contributed by atoms with Crippen molar-refractivity contribution in [1.82, 2.24) is 14.2 Å². The van der Waals surface area contributed by atoms with Gasteiger partial charge in [0.05, 0.1) is 16.5 Å². The predicted octanol–water partition coefficient (Wildman–Crippen LogP) is 2.23. The number of nitrogens with zero attached hydrogens (tertiary/aromatic N) is 4. The summed E-state index contributed by atoms with van der Waals surface area (Å²) in [4.78, 5) is 22.0. The van der Waals surface area contributed by atoms with Gasteiger partial charge in [0.1, 0.15) is 0 Å². The molecular formula is C20H28N4O3S2. The van der Waals surface area contributed by atoms with Crippen LogP contribution in [0.25, 0.3) is 10.2 Å². The standard InChI is InChI=1S/C20H28N4O3S2/c1-14-12-15(2)18-17(13-14)28-20(21-18)23-10-8-22(9-11-23)19(25)16-4-6-24(7-5-16)29(3,26)27/h12-13,16H,4-11H2,1-3H3. The SMILES string of the molecule is Cc1cc(C)c2nc(N3CCN(C(=O)C4CCN(S(C)(=O)=O)CC4)CC3)sc2c1. The summed E-state index contributed by atoms with van der Waals surface area (Å²) in [7, 11) is -3.16. The highest BCUT2D eigenvalue weighted by atomic mass is 32.2. The molecule has 0 aliphatic carbocycles. The van der Waals surface area contributed by atoms with E-state index in [1.807, 2.05) is 4.90 Å². The minimum Gasteiger partial charge on any atom is -0.345 e. The maximum Gasteiger partial charge on any atom is 0.225 e. The molecule has 2 aliphatic heterocycles. The summed E-state index contributed by atoms with van der Waals surface area (Å²) in [5.41, 5.74) is 3.53. The van der Waals surface area contributed by atoms with Crippen molar-refractivity contribution >= 4 is 42.6 Å². The molecule has 0 bridgehead atoms. The molecular weight excluding hydrogens is 408 g/mol. The van der Waals surface area contributed by atoms with Crippen LogP contribution in [0.15, 0.2) is 12.1 Å². The first-order chi connectivity index (χ1) is 13.7. The van der Waals surface area contributed by atoms with Crippen molar-refractivity contribution in [3.63, 3.8) is 0 Å². The van der Waals surface area contributed by atoms with Crippen LogP contribution < -0.4 is 4.90 Å². The fourth-order valence-electron chi connectivity index (χ4n) is 4.30. The molecule has 1 aromatic carbocycles. The van der Waals surface area contributed by atoms with Gasteiger partial charge in [-0.3, -0.25) is 4.79 Å². The van der Waals surface area contributed by atoms with E-state index in [2.05, 4.69) is 30.9 Å². The smallest absolute Gasteiger partial charge is 0.225 e. The summed E-state index contributed by atoms with van der Waals surface area (Å²) in [6, 6.07) is 4.35. The number of piperidine rings is 1. The highest BCUT2D eigenvalue weighted by Crippen LogP contribution is 2.32. The van der Waals surface area contributed by atoms with Crippen molar-refractivity contribution in [1.29, 1.82) is 0 Å². The van der Waals surface area contributed by atoms with Gasteiger partial charge in [0.25, 0.3) is 0 Å². The second kappa shape index (κ2) is 7.85. The van der Waals surface area contributed by atoms with Crippen LogP contribution in [-0.4, -0.2) is 74.0 Å². The van der Waals surface area contributed by atoms with E-state index in [0.717, 1.165) is 23.7 Å². The number of aromatic nitrogens is 1. The molecule has 1 amide bonds. The van der Waals surface area contributed by atoms with Crippen LogP contribution in [0.5, 0.6) is 0 Å². The van der Waals surface area contributed by atoms with Gasteiger partial charge in [0.2, 0.25) is 15.9 Å². The average Bonchev–Trinajstić information content (AvgIpc) is 3.11. The Balaban J connectivity index is 1.36. The minimum absolute atomic E-state index is 0.0624. The largest absolute Gasteiger partial charge is 0.345 e. The third-order valence-corrected chi connectivity index (χ3v) is 8.32. The first kappa shape index (κ1) is 20.6. The monoisotopic (exact) mass is 436 g/mol. The summed E-state index contributed by atoms with van der Waals surface area (Å²) in [6.45, 7) is 8.05. The van der Waals surface area contributed by atoms with Gasteiger partial charge in [-0.25, -0.2) is 17.7 Å². The van der Waals surface area contributed by atoms with E-state index < -0.39 is 10.0 Å². The Morgan fingerprint density at radius 1 is 1.07 bits per heavy atom. The molecule has 1 aromatic heterocycles. The third-order valence-electron chi connectivity index (χ3n) is 5.95. The van der Waals surface area contributed by atoms with Gasteiger partial charge in [0, 0.05) is 45.2 Å². The number of carbonyl (C=O) groups excluding carboxylic acids is 1. The maximum absolute atomic E-state index is 12.9. The van der Waals surface area contributed by atoms with Crippen molar-refractivity contribution < 1.29 is 13.2 Å². The van der Waals surface area contributed by atoms with E-state index in [1.165, 1.54) is 26.4 Å². The van der Waals surface area contributed by atoms with Crippen molar-refractivity contribution in [3.05, 3.63) is 23.3 Å². The van der Waals surface area contributed by atoms with Crippen LogP contribution in [0.1, 0.15) is 24.0 Å². The van der Waals surface area contributed by atoms with Crippen molar-refractivity contribution in [2.24, 2.45) is 5.92 Å². The number of anilines is 1. The zero-order valence-electron chi connectivity index (χ0n) is 17.2. The Labute approximate surface area is 176 Å². The van der Waals surface area contributed by atoms with E-state index in [-0.39, 0.29) is 11.8 Å². The number of hydrogen-bond acceptors (Lipinski definition) is 6. The molecule has 2 aliphatic rings. The quantitative estimate of drug-likeness (QED) is 0.738. The van der Waals surface area contributed by atoms with E-state index >= 15 is 0 Å². The molecule has 2 aromatic rings. The minimum atomic E-state index is -3.16. The molecule has 2 saturated heterocycles. The molecule has 3 heterocycles. The Morgan fingerprint density at radius 2 is 1.72 bits per heavy atom. The number of thiazole rings is 1. The number of fused-ring (bicyclic) bond motifs is 1. The Morgan fingerprint density at radius 3 is 2.34 bits per heavy atom. The van der Waals surface area contributed by atoms with Gasteiger partial charge in [-0.1, -0.05) is 17.4 Å². The number of sulfonamides is 1. The van der Waals surface area contributed by atoms with E-state index in [9.17, 15) is 13.2 Å². The molecule has 0 N–H and O–H groups in total. The van der Waals surface area contributed by atoms with Gasteiger partial charge in [-0.15, -0.1) is 0 Å². The maximum atomic E-state index is 12.9. The first-order valence-electron chi connectivity index (χ1n) is 10.1. The van der Waals surface area contributed by atoms with Crippen LogP contribution >= 0.6 is 11.3 Å². The van der Waals surface area contributed by atoms with Gasteiger partial charge in [-0.05, 0) is 43.9 Å². The van der Waals surface area contributed by atoms with Crippen LogP contribution in [0.4, 0.5) is 5.13 Å². The number of aryl methyl sites for hydroxylation is 2. The van der Waals surface area contributed by atoms with Crippen LogP contribution in [0.2, 0.25) is 0 Å². The lowest BCUT2D eigenvalue weighted by Gasteiger charge is -2.38. The fraction of sp³-hybridized carbons (Fsp3) is 0.600. The second-order valence-corrected chi connectivity index (χ2v) is 11.2. The van der Waals surface area contributed by atoms with Gasteiger partial charge in [0.15, 0.2) is 5.13 Å². The Hall–Kier alpha value is -1.71. The summed E-state index contributed by atoms with van der Waals surface area (Å²) in [6.07, 6.45) is 2.46. The van der Waals surface area contributed by atoms with Crippen LogP contribution in [0.3, 0.4) is 0 Å². The number of piperazine rings is 1. The highest BCUT2D eigenvalue weighted by Gasteiger charge is 2.33. The van der Waals surface area contributed by atoms with Gasteiger partial charge >= 0.3 is 0 Å². The Bertz CT molecular complexity index is 1020. The normalized spacial score (nSPS) is 19.8. The molecule has 29 heavy (non-hydrogen) atoms. The molecule has 2 fully saturated rings. The summed E-state index contributed by atoms with van der Waals surface area (Å²) >= 11 is 1.72.